The minimum Gasteiger partial charge on any atom is -0.368 e. The molecular weight excluding hydrogens is 188 g/mol. The lowest BCUT2D eigenvalue weighted by molar-refractivity contribution is 0.268. The molecule has 82 valence electrons. The predicted molar refractivity (Wildman–Crippen MR) is 61.7 cm³/mol. The van der Waals surface area contributed by atoms with Crippen LogP contribution < -0.4 is 11.1 Å². The lowest BCUT2D eigenvalue weighted by Crippen LogP contribution is -2.44. The van der Waals surface area contributed by atoms with Gasteiger partial charge in [0.05, 0.1) is 0 Å². The number of nitrogens with zero attached hydrogens (tertiary/aromatic N) is 2. The fourth-order valence-electron chi connectivity index (χ4n) is 2.00. The minimum absolute atomic E-state index is 0.256. The van der Waals surface area contributed by atoms with Gasteiger partial charge in [0, 0.05) is 17.3 Å². The monoisotopic (exact) mass is 206 g/mol. The summed E-state index contributed by atoms with van der Waals surface area (Å²) in [5.41, 5.74) is 6.90. The van der Waals surface area contributed by atoms with Crippen molar-refractivity contribution in [3.8, 4) is 0 Å². The Morgan fingerprint density at radius 1 is 1.53 bits per heavy atom. The average molecular weight is 206 g/mol. The molecule has 1 aromatic rings. The zero-order chi connectivity index (χ0) is 10.9. The van der Waals surface area contributed by atoms with E-state index >= 15 is 0 Å². The van der Waals surface area contributed by atoms with E-state index in [1.807, 2.05) is 6.92 Å². The maximum absolute atomic E-state index is 5.59. The fraction of sp³-hybridized carbons (Fsp3) is 0.636. The Kier molecular flexibility index (Phi) is 2.50. The Morgan fingerprint density at radius 3 is 2.80 bits per heavy atom. The molecule has 3 N–H and O–H groups in total. The number of nitrogens with two attached hydrogens (primary N) is 1. The van der Waals surface area contributed by atoms with Crippen molar-refractivity contribution in [1.82, 2.24) is 9.97 Å². The Labute approximate surface area is 90.3 Å². The van der Waals surface area contributed by atoms with Crippen LogP contribution in [-0.2, 0) is 0 Å². The van der Waals surface area contributed by atoms with E-state index in [1.165, 1.54) is 19.3 Å². The van der Waals surface area contributed by atoms with Crippen molar-refractivity contribution in [2.45, 2.75) is 45.1 Å². The van der Waals surface area contributed by atoms with Gasteiger partial charge in [-0.3, -0.25) is 0 Å². The molecule has 4 heteroatoms. The van der Waals surface area contributed by atoms with E-state index in [0.29, 0.717) is 5.95 Å². The van der Waals surface area contributed by atoms with Gasteiger partial charge in [-0.15, -0.1) is 0 Å². The normalized spacial score (nSPS) is 18.3. The van der Waals surface area contributed by atoms with Crippen LogP contribution in [0.25, 0.3) is 0 Å². The molecule has 1 aromatic heterocycles. The molecule has 0 aromatic carbocycles. The molecule has 0 aliphatic heterocycles. The summed E-state index contributed by atoms with van der Waals surface area (Å²) in [5.74, 6) is 1.23. The van der Waals surface area contributed by atoms with Crippen LogP contribution in [0.5, 0.6) is 0 Å². The standard InChI is InChI=1S/C11H18N4/c1-3-11(5-4-6-11)15-9-8(2)7-13-10(12)14-9/h7H,3-6H2,1-2H3,(H3,12,13,14,15). The summed E-state index contributed by atoms with van der Waals surface area (Å²) >= 11 is 0. The second kappa shape index (κ2) is 3.68. The van der Waals surface area contributed by atoms with Crippen molar-refractivity contribution < 1.29 is 0 Å². The van der Waals surface area contributed by atoms with Gasteiger partial charge in [0.25, 0.3) is 0 Å². The van der Waals surface area contributed by atoms with Crippen LogP contribution in [-0.4, -0.2) is 15.5 Å². The van der Waals surface area contributed by atoms with Crippen LogP contribution in [0.3, 0.4) is 0 Å². The highest BCUT2D eigenvalue weighted by atomic mass is 15.1. The number of anilines is 2. The molecule has 0 unspecified atom stereocenters. The van der Waals surface area contributed by atoms with Crippen LogP contribution in [0.2, 0.25) is 0 Å². The van der Waals surface area contributed by atoms with Crippen molar-refractivity contribution in [2.75, 3.05) is 11.1 Å². The highest BCUT2D eigenvalue weighted by molar-refractivity contribution is 5.47. The molecule has 1 heterocycles. The molecule has 1 fully saturated rings. The maximum atomic E-state index is 5.59. The first-order valence-electron chi connectivity index (χ1n) is 5.52. The van der Waals surface area contributed by atoms with Crippen molar-refractivity contribution in [2.24, 2.45) is 0 Å². The lowest BCUT2D eigenvalue weighted by Gasteiger charge is -2.42. The number of aryl methyl sites for hydroxylation is 1. The molecule has 0 spiro atoms. The van der Waals surface area contributed by atoms with E-state index in [4.69, 9.17) is 5.73 Å². The summed E-state index contributed by atoms with van der Waals surface area (Å²) in [6.45, 7) is 4.22. The van der Waals surface area contributed by atoms with E-state index in [1.54, 1.807) is 6.20 Å². The van der Waals surface area contributed by atoms with Crippen molar-refractivity contribution in [3.63, 3.8) is 0 Å². The highest BCUT2D eigenvalue weighted by Crippen LogP contribution is 2.38. The summed E-state index contributed by atoms with van der Waals surface area (Å²) in [6.07, 6.45) is 6.67. The average Bonchev–Trinajstić information content (AvgIpc) is 2.17. The molecular formula is C11H18N4. The Balaban J connectivity index is 2.19. The lowest BCUT2D eigenvalue weighted by atomic mass is 9.75. The van der Waals surface area contributed by atoms with Crippen molar-refractivity contribution in [1.29, 1.82) is 0 Å². The first kappa shape index (κ1) is 10.2. The first-order valence-corrected chi connectivity index (χ1v) is 5.52. The van der Waals surface area contributed by atoms with Gasteiger partial charge >= 0.3 is 0 Å². The van der Waals surface area contributed by atoms with Gasteiger partial charge in [0.2, 0.25) is 5.95 Å². The van der Waals surface area contributed by atoms with Gasteiger partial charge in [0.15, 0.2) is 0 Å². The Hall–Kier alpha value is -1.32. The topological polar surface area (TPSA) is 63.8 Å². The Bertz CT molecular complexity index is 352. The smallest absolute Gasteiger partial charge is 0.221 e. The van der Waals surface area contributed by atoms with Crippen molar-refractivity contribution >= 4 is 11.8 Å². The molecule has 1 aliphatic carbocycles. The van der Waals surface area contributed by atoms with Crippen molar-refractivity contribution in [3.05, 3.63) is 11.8 Å². The largest absolute Gasteiger partial charge is 0.368 e. The second-order valence-electron chi connectivity index (χ2n) is 4.37. The number of rotatable bonds is 3. The van der Waals surface area contributed by atoms with Gasteiger partial charge in [-0.1, -0.05) is 6.92 Å². The summed E-state index contributed by atoms with van der Waals surface area (Å²) in [4.78, 5) is 8.21. The molecule has 0 radical (unpaired) electrons. The molecule has 1 saturated carbocycles. The van der Waals surface area contributed by atoms with E-state index in [-0.39, 0.29) is 5.54 Å². The second-order valence-corrected chi connectivity index (χ2v) is 4.37. The maximum Gasteiger partial charge on any atom is 0.221 e. The molecule has 4 nitrogen and oxygen atoms in total. The van der Waals surface area contributed by atoms with Crippen LogP contribution in [0.1, 0.15) is 38.2 Å². The first-order chi connectivity index (χ1) is 7.15. The van der Waals surface area contributed by atoms with Gasteiger partial charge < -0.3 is 11.1 Å². The summed E-state index contributed by atoms with van der Waals surface area (Å²) in [6, 6.07) is 0. The SMILES string of the molecule is CCC1(Nc2nc(N)ncc2C)CCC1. The summed E-state index contributed by atoms with van der Waals surface area (Å²) < 4.78 is 0. The summed E-state index contributed by atoms with van der Waals surface area (Å²) in [5, 5.41) is 3.52. The number of hydrogen-bond donors (Lipinski definition) is 2. The molecule has 1 aliphatic rings. The molecule has 0 bridgehead atoms. The van der Waals surface area contributed by atoms with Gasteiger partial charge in [-0.25, -0.2) is 4.98 Å². The van der Waals surface area contributed by atoms with Gasteiger partial charge in [-0.2, -0.15) is 4.98 Å². The Morgan fingerprint density at radius 2 is 2.27 bits per heavy atom. The molecule has 2 rings (SSSR count). The van der Waals surface area contributed by atoms with E-state index in [0.717, 1.165) is 17.8 Å². The number of nitrogen functional groups attached to an aromatic ring is 1. The fourth-order valence-corrected chi connectivity index (χ4v) is 2.00. The zero-order valence-electron chi connectivity index (χ0n) is 9.38. The van der Waals surface area contributed by atoms with Crippen LogP contribution in [0, 0.1) is 6.92 Å². The van der Waals surface area contributed by atoms with Crippen LogP contribution >= 0.6 is 0 Å². The summed E-state index contributed by atoms with van der Waals surface area (Å²) in [7, 11) is 0. The highest BCUT2D eigenvalue weighted by Gasteiger charge is 2.35. The third kappa shape index (κ3) is 1.89. The quantitative estimate of drug-likeness (QED) is 0.795. The molecule has 0 saturated heterocycles. The van der Waals surface area contributed by atoms with Gasteiger partial charge in [0.1, 0.15) is 5.82 Å². The van der Waals surface area contributed by atoms with E-state index in [9.17, 15) is 0 Å². The third-order valence-corrected chi connectivity index (χ3v) is 3.36. The molecule has 0 amide bonds. The third-order valence-electron chi connectivity index (χ3n) is 3.36. The van der Waals surface area contributed by atoms with Crippen LogP contribution in [0.4, 0.5) is 11.8 Å². The van der Waals surface area contributed by atoms with E-state index < -0.39 is 0 Å². The number of aromatic nitrogens is 2. The van der Waals surface area contributed by atoms with Gasteiger partial charge in [-0.05, 0) is 32.6 Å². The number of nitrogens with one attached hydrogen (secondary N) is 1. The molecule has 15 heavy (non-hydrogen) atoms. The molecule has 0 atom stereocenters. The van der Waals surface area contributed by atoms with Crippen LogP contribution in [0.15, 0.2) is 6.20 Å². The minimum atomic E-state index is 0.256. The number of hydrogen-bond acceptors (Lipinski definition) is 4. The zero-order valence-corrected chi connectivity index (χ0v) is 9.38. The predicted octanol–water partition coefficient (Wildman–Crippen LogP) is 2.11. The van der Waals surface area contributed by atoms with E-state index in [2.05, 4.69) is 22.2 Å².